The Morgan fingerprint density at radius 3 is 2.59 bits per heavy atom. The van der Waals surface area contributed by atoms with Crippen LogP contribution in [0.5, 0.6) is 0 Å². The minimum absolute atomic E-state index is 0.0136. The number of thiophene rings is 1. The first kappa shape index (κ1) is 19.9. The molecule has 27 heavy (non-hydrogen) atoms. The van der Waals surface area contributed by atoms with Gasteiger partial charge in [-0.2, -0.15) is 24.5 Å². The Balaban J connectivity index is 1.69. The lowest BCUT2D eigenvalue weighted by molar-refractivity contribution is -0.137. The highest BCUT2D eigenvalue weighted by atomic mass is 32.1. The molecule has 1 N–H and O–H groups in total. The summed E-state index contributed by atoms with van der Waals surface area (Å²) in [6.45, 7) is 4.02. The number of alkyl halides is 3. The Morgan fingerprint density at radius 2 is 1.96 bits per heavy atom. The van der Waals surface area contributed by atoms with Crippen molar-refractivity contribution in [2.45, 2.75) is 12.2 Å². The SMILES string of the molecule is CN1CCN(C(CNC(=O)c2cccc(C(F)(F)F)c2)c2ccsc2)CC1. The van der Waals surface area contributed by atoms with E-state index in [-0.39, 0.29) is 11.6 Å². The molecule has 1 atom stereocenters. The predicted molar refractivity (Wildman–Crippen MR) is 99.9 cm³/mol. The number of piperazine rings is 1. The number of likely N-dealkylation sites (N-methyl/N-ethyl adjacent to an activating group) is 1. The fourth-order valence-electron chi connectivity index (χ4n) is 3.18. The molecule has 146 valence electrons. The molecule has 2 aromatic rings. The number of carbonyl (C=O) groups excluding carboxylic acids is 1. The second-order valence-electron chi connectivity index (χ2n) is 6.70. The second kappa shape index (κ2) is 8.41. The molecular weight excluding hydrogens is 375 g/mol. The molecule has 1 aromatic carbocycles. The third-order valence-electron chi connectivity index (χ3n) is 4.81. The average Bonchev–Trinajstić information content (AvgIpc) is 3.17. The summed E-state index contributed by atoms with van der Waals surface area (Å²) in [6, 6.07) is 6.57. The zero-order chi connectivity index (χ0) is 19.4. The van der Waals surface area contributed by atoms with E-state index in [4.69, 9.17) is 0 Å². The van der Waals surface area contributed by atoms with Gasteiger partial charge >= 0.3 is 6.18 Å². The molecule has 1 saturated heterocycles. The normalized spacial score (nSPS) is 17.6. The summed E-state index contributed by atoms with van der Waals surface area (Å²) in [6.07, 6.45) is -4.46. The quantitative estimate of drug-likeness (QED) is 0.839. The van der Waals surface area contributed by atoms with Gasteiger partial charge in [0.05, 0.1) is 11.6 Å². The van der Waals surface area contributed by atoms with Crippen LogP contribution in [-0.2, 0) is 6.18 Å². The summed E-state index contributed by atoms with van der Waals surface area (Å²) in [5.74, 6) is -0.490. The second-order valence-corrected chi connectivity index (χ2v) is 7.48. The van der Waals surface area contributed by atoms with Gasteiger partial charge in [-0.05, 0) is 47.6 Å². The van der Waals surface area contributed by atoms with E-state index >= 15 is 0 Å². The van der Waals surface area contributed by atoms with E-state index < -0.39 is 17.6 Å². The number of carbonyl (C=O) groups is 1. The summed E-state index contributed by atoms with van der Waals surface area (Å²) in [4.78, 5) is 17.0. The number of benzene rings is 1. The molecule has 1 aromatic heterocycles. The number of amides is 1. The molecule has 0 radical (unpaired) electrons. The predicted octanol–water partition coefficient (Wildman–Crippen LogP) is 3.49. The third-order valence-corrected chi connectivity index (χ3v) is 5.52. The van der Waals surface area contributed by atoms with E-state index in [2.05, 4.69) is 27.5 Å². The first-order valence-corrected chi connectivity index (χ1v) is 9.69. The van der Waals surface area contributed by atoms with Gasteiger partial charge in [-0.25, -0.2) is 0 Å². The van der Waals surface area contributed by atoms with Gasteiger partial charge in [-0.15, -0.1) is 0 Å². The monoisotopic (exact) mass is 397 g/mol. The molecule has 1 amide bonds. The number of nitrogens with one attached hydrogen (secondary N) is 1. The Hall–Kier alpha value is -1.90. The van der Waals surface area contributed by atoms with E-state index in [0.717, 1.165) is 43.9 Å². The fraction of sp³-hybridized carbons (Fsp3) is 0.421. The maximum absolute atomic E-state index is 12.9. The molecule has 0 saturated carbocycles. The van der Waals surface area contributed by atoms with E-state index in [0.29, 0.717) is 6.54 Å². The smallest absolute Gasteiger partial charge is 0.350 e. The van der Waals surface area contributed by atoms with Crippen LogP contribution in [0.1, 0.15) is 27.5 Å². The highest BCUT2D eigenvalue weighted by Crippen LogP contribution is 2.29. The van der Waals surface area contributed by atoms with Gasteiger partial charge in [0.25, 0.3) is 5.91 Å². The largest absolute Gasteiger partial charge is 0.416 e. The zero-order valence-electron chi connectivity index (χ0n) is 15.0. The lowest BCUT2D eigenvalue weighted by Crippen LogP contribution is -2.48. The van der Waals surface area contributed by atoms with Crippen molar-refractivity contribution in [1.29, 1.82) is 0 Å². The topological polar surface area (TPSA) is 35.6 Å². The lowest BCUT2D eigenvalue weighted by atomic mass is 10.1. The summed E-state index contributed by atoms with van der Waals surface area (Å²) in [5.41, 5.74) is 0.324. The molecule has 1 aliphatic heterocycles. The van der Waals surface area contributed by atoms with Crippen molar-refractivity contribution in [3.63, 3.8) is 0 Å². The Morgan fingerprint density at radius 1 is 1.22 bits per heavy atom. The van der Waals surface area contributed by atoms with Crippen LogP contribution in [0.3, 0.4) is 0 Å². The molecular formula is C19H22F3N3OS. The molecule has 1 unspecified atom stereocenters. The molecule has 0 bridgehead atoms. The van der Waals surface area contributed by atoms with Crippen LogP contribution in [0.4, 0.5) is 13.2 Å². The van der Waals surface area contributed by atoms with Crippen LogP contribution in [0.15, 0.2) is 41.1 Å². The van der Waals surface area contributed by atoms with Crippen molar-refractivity contribution in [2.24, 2.45) is 0 Å². The molecule has 4 nitrogen and oxygen atoms in total. The minimum Gasteiger partial charge on any atom is -0.350 e. The first-order chi connectivity index (χ1) is 12.8. The zero-order valence-corrected chi connectivity index (χ0v) is 15.8. The number of halogens is 3. The number of nitrogens with zero attached hydrogens (tertiary/aromatic N) is 2. The van der Waals surface area contributed by atoms with E-state index in [1.54, 1.807) is 11.3 Å². The van der Waals surface area contributed by atoms with Crippen molar-refractivity contribution in [2.75, 3.05) is 39.8 Å². The lowest BCUT2D eigenvalue weighted by Gasteiger charge is -2.38. The third kappa shape index (κ3) is 5.09. The molecule has 0 aliphatic carbocycles. The summed E-state index contributed by atoms with van der Waals surface area (Å²) < 4.78 is 38.6. The molecule has 0 spiro atoms. The van der Waals surface area contributed by atoms with E-state index in [9.17, 15) is 18.0 Å². The highest BCUT2D eigenvalue weighted by molar-refractivity contribution is 7.07. The maximum atomic E-state index is 12.9. The van der Waals surface area contributed by atoms with Gasteiger partial charge in [0, 0.05) is 38.3 Å². The maximum Gasteiger partial charge on any atom is 0.416 e. The summed E-state index contributed by atoms with van der Waals surface area (Å²) in [7, 11) is 2.08. The van der Waals surface area contributed by atoms with Crippen LogP contribution in [0.25, 0.3) is 0 Å². The molecule has 3 rings (SSSR count). The Bertz CT molecular complexity index is 756. The van der Waals surface area contributed by atoms with Gasteiger partial charge in [0.2, 0.25) is 0 Å². The minimum atomic E-state index is -4.46. The van der Waals surface area contributed by atoms with Crippen LogP contribution >= 0.6 is 11.3 Å². The standard InChI is InChI=1S/C19H22F3N3OS/c1-24-6-8-25(9-7-24)17(15-5-10-27-13-15)12-23-18(26)14-3-2-4-16(11-14)19(20,21)22/h2-5,10-11,13,17H,6-9,12H2,1H3,(H,23,26). The van der Waals surface area contributed by atoms with Crippen LogP contribution in [-0.4, -0.2) is 55.5 Å². The summed E-state index contributed by atoms with van der Waals surface area (Å²) in [5, 5.41) is 6.87. The van der Waals surface area contributed by atoms with Crippen LogP contribution in [0.2, 0.25) is 0 Å². The van der Waals surface area contributed by atoms with Crippen molar-refractivity contribution in [1.82, 2.24) is 15.1 Å². The van der Waals surface area contributed by atoms with Crippen LogP contribution in [0, 0.1) is 0 Å². The van der Waals surface area contributed by atoms with Gasteiger partial charge in [-0.1, -0.05) is 6.07 Å². The van der Waals surface area contributed by atoms with Crippen molar-refractivity contribution < 1.29 is 18.0 Å². The van der Waals surface area contributed by atoms with Gasteiger partial charge < -0.3 is 10.2 Å². The Kier molecular flexibility index (Phi) is 6.18. The van der Waals surface area contributed by atoms with Crippen molar-refractivity contribution in [3.8, 4) is 0 Å². The number of rotatable bonds is 5. The van der Waals surface area contributed by atoms with E-state index in [1.807, 2.05) is 11.4 Å². The molecule has 2 heterocycles. The molecule has 1 aliphatic rings. The van der Waals surface area contributed by atoms with Crippen molar-refractivity contribution in [3.05, 3.63) is 57.8 Å². The first-order valence-electron chi connectivity index (χ1n) is 8.75. The summed E-state index contributed by atoms with van der Waals surface area (Å²) >= 11 is 1.59. The van der Waals surface area contributed by atoms with E-state index in [1.165, 1.54) is 12.1 Å². The number of hydrogen-bond acceptors (Lipinski definition) is 4. The van der Waals surface area contributed by atoms with Gasteiger partial charge in [0.1, 0.15) is 0 Å². The Labute approximate surface area is 160 Å². The van der Waals surface area contributed by atoms with Crippen LogP contribution < -0.4 is 5.32 Å². The van der Waals surface area contributed by atoms with Crippen molar-refractivity contribution >= 4 is 17.2 Å². The van der Waals surface area contributed by atoms with Gasteiger partial charge in [0.15, 0.2) is 0 Å². The van der Waals surface area contributed by atoms with Gasteiger partial charge in [-0.3, -0.25) is 9.69 Å². The average molecular weight is 397 g/mol. The number of hydrogen-bond donors (Lipinski definition) is 1. The molecule has 1 fully saturated rings. The highest BCUT2D eigenvalue weighted by Gasteiger charge is 2.31. The fourth-order valence-corrected chi connectivity index (χ4v) is 3.89. The molecule has 8 heteroatoms.